The van der Waals surface area contributed by atoms with Crippen LogP contribution >= 0.6 is 0 Å². The van der Waals surface area contributed by atoms with Gasteiger partial charge in [0, 0.05) is 13.5 Å². The van der Waals surface area contributed by atoms with E-state index in [9.17, 15) is 14.7 Å². The third-order valence-electron chi connectivity index (χ3n) is 3.04. The molecule has 0 bridgehead atoms. The lowest BCUT2D eigenvalue weighted by atomic mass is 9.97. The highest BCUT2D eigenvalue weighted by Gasteiger charge is 2.23. The lowest BCUT2D eigenvalue weighted by Gasteiger charge is -2.18. The fourth-order valence-electron chi connectivity index (χ4n) is 1.79. The summed E-state index contributed by atoms with van der Waals surface area (Å²) in [5.74, 6) is -1.41. The summed E-state index contributed by atoms with van der Waals surface area (Å²) in [6.07, 6.45) is 0.144. The molecule has 0 saturated carbocycles. The molecule has 0 aromatic heterocycles. The maximum Gasteiger partial charge on any atom is 0.330 e. The predicted molar refractivity (Wildman–Crippen MR) is 70.9 cm³/mol. The number of hydrogen-bond donors (Lipinski definition) is 2. The Balaban J connectivity index is 2.92. The van der Waals surface area contributed by atoms with E-state index in [2.05, 4.69) is 5.32 Å². The van der Waals surface area contributed by atoms with Crippen molar-refractivity contribution in [2.24, 2.45) is 0 Å². The first-order valence-electron chi connectivity index (χ1n) is 6.04. The van der Waals surface area contributed by atoms with Gasteiger partial charge in [-0.3, -0.25) is 4.79 Å². The standard InChI is InChI=1S/C14H19NO4/c1-9-5-4-6-11(10(9)2)13(14(17)18)15-12(16)7-8-19-3/h4-6,13H,7-8H2,1-3H3,(H,15,16)(H,17,18). The number of methoxy groups -OCH3 is 1. The van der Waals surface area contributed by atoms with E-state index in [1.807, 2.05) is 19.9 Å². The van der Waals surface area contributed by atoms with Gasteiger partial charge in [0.05, 0.1) is 6.61 Å². The lowest BCUT2D eigenvalue weighted by molar-refractivity contribution is -0.142. The number of carbonyl (C=O) groups is 2. The number of aryl methyl sites for hydroxylation is 1. The first-order valence-corrected chi connectivity index (χ1v) is 6.04. The third-order valence-corrected chi connectivity index (χ3v) is 3.04. The number of nitrogens with one attached hydrogen (secondary N) is 1. The Morgan fingerprint density at radius 3 is 2.63 bits per heavy atom. The molecule has 1 rings (SSSR count). The molecule has 1 atom stereocenters. The summed E-state index contributed by atoms with van der Waals surface area (Å²) in [6, 6.07) is 4.39. The molecule has 2 N–H and O–H groups in total. The fourth-order valence-corrected chi connectivity index (χ4v) is 1.79. The van der Waals surface area contributed by atoms with Crippen LogP contribution in [-0.2, 0) is 14.3 Å². The van der Waals surface area contributed by atoms with Crippen molar-refractivity contribution in [3.63, 3.8) is 0 Å². The number of amides is 1. The van der Waals surface area contributed by atoms with Crippen molar-refractivity contribution in [2.45, 2.75) is 26.3 Å². The van der Waals surface area contributed by atoms with Crippen LogP contribution in [0, 0.1) is 13.8 Å². The van der Waals surface area contributed by atoms with E-state index in [1.165, 1.54) is 7.11 Å². The molecular formula is C14H19NO4. The summed E-state index contributed by atoms with van der Waals surface area (Å²) in [5.41, 5.74) is 2.48. The van der Waals surface area contributed by atoms with Gasteiger partial charge in [0.1, 0.15) is 0 Å². The number of hydrogen-bond acceptors (Lipinski definition) is 3. The average molecular weight is 265 g/mol. The number of benzene rings is 1. The second kappa shape index (κ2) is 6.89. The molecule has 0 saturated heterocycles. The molecule has 1 amide bonds. The minimum Gasteiger partial charge on any atom is -0.479 e. The monoisotopic (exact) mass is 265 g/mol. The highest BCUT2D eigenvalue weighted by molar-refractivity contribution is 5.84. The Kier molecular flexibility index (Phi) is 5.51. The molecule has 0 aliphatic rings. The zero-order valence-corrected chi connectivity index (χ0v) is 11.4. The highest BCUT2D eigenvalue weighted by atomic mass is 16.5. The molecule has 0 heterocycles. The van der Waals surface area contributed by atoms with E-state index in [4.69, 9.17) is 4.74 Å². The molecule has 5 nitrogen and oxygen atoms in total. The second-order valence-electron chi connectivity index (χ2n) is 4.37. The van der Waals surface area contributed by atoms with Gasteiger partial charge in [-0.1, -0.05) is 18.2 Å². The van der Waals surface area contributed by atoms with Crippen LogP contribution in [-0.4, -0.2) is 30.7 Å². The van der Waals surface area contributed by atoms with Crippen LogP contribution in [0.1, 0.15) is 29.2 Å². The Labute approximate surface area is 112 Å². The molecule has 0 aliphatic heterocycles. The van der Waals surface area contributed by atoms with Crippen LogP contribution in [0.2, 0.25) is 0 Å². The maximum absolute atomic E-state index is 11.6. The van der Waals surface area contributed by atoms with Crippen molar-refractivity contribution >= 4 is 11.9 Å². The molecule has 0 fully saturated rings. The molecule has 0 aliphatic carbocycles. The molecular weight excluding hydrogens is 246 g/mol. The number of rotatable bonds is 6. The van der Waals surface area contributed by atoms with E-state index < -0.39 is 12.0 Å². The van der Waals surface area contributed by atoms with Gasteiger partial charge in [0.15, 0.2) is 6.04 Å². The molecule has 0 spiro atoms. The van der Waals surface area contributed by atoms with Crippen LogP contribution in [0.25, 0.3) is 0 Å². The number of carboxylic acids is 1. The third kappa shape index (κ3) is 4.06. The van der Waals surface area contributed by atoms with Crippen LogP contribution in [0.15, 0.2) is 18.2 Å². The van der Waals surface area contributed by atoms with Crippen LogP contribution < -0.4 is 5.32 Å². The summed E-state index contributed by atoms with van der Waals surface area (Å²) < 4.78 is 4.79. The summed E-state index contributed by atoms with van der Waals surface area (Å²) >= 11 is 0. The van der Waals surface area contributed by atoms with Crippen molar-refractivity contribution in [2.75, 3.05) is 13.7 Å². The van der Waals surface area contributed by atoms with Gasteiger partial charge in [0.2, 0.25) is 5.91 Å². The smallest absolute Gasteiger partial charge is 0.330 e. The number of aliphatic carboxylic acids is 1. The summed E-state index contributed by atoms with van der Waals surface area (Å²) in [4.78, 5) is 23.0. The Hall–Kier alpha value is -1.88. The molecule has 5 heteroatoms. The maximum atomic E-state index is 11.6. The van der Waals surface area contributed by atoms with Crippen LogP contribution in [0.5, 0.6) is 0 Å². The SMILES string of the molecule is COCCC(=O)NC(C(=O)O)c1cccc(C)c1C. The molecule has 1 aromatic rings. The predicted octanol–water partition coefficient (Wildman–Crippen LogP) is 1.58. The molecule has 19 heavy (non-hydrogen) atoms. The van der Waals surface area contributed by atoms with Crippen molar-refractivity contribution in [1.82, 2.24) is 5.32 Å². The van der Waals surface area contributed by atoms with Gasteiger partial charge < -0.3 is 15.2 Å². The van der Waals surface area contributed by atoms with E-state index in [0.29, 0.717) is 5.56 Å². The van der Waals surface area contributed by atoms with Crippen LogP contribution in [0.4, 0.5) is 0 Å². The molecule has 0 radical (unpaired) electrons. The number of ether oxygens (including phenoxy) is 1. The van der Waals surface area contributed by atoms with Gasteiger partial charge in [-0.25, -0.2) is 4.79 Å². The molecule has 104 valence electrons. The first kappa shape index (κ1) is 15.2. The zero-order chi connectivity index (χ0) is 14.4. The molecule has 1 unspecified atom stereocenters. The van der Waals surface area contributed by atoms with Crippen molar-refractivity contribution < 1.29 is 19.4 Å². The fraction of sp³-hybridized carbons (Fsp3) is 0.429. The van der Waals surface area contributed by atoms with E-state index in [0.717, 1.165) is 11.1 Å². The van der Waals surface area contributed by atoms with Crippen molar-refractivity contribution in [3.8, 4) is 0 Å². The van der Waals surface area contributed by atoms with Crippen LogP contribution in [0.3, 0.4) is 0 Å². The highest BCUT2D eigenvalue weighted by Crippen LogP contribution is 2.20. The Morgan fingerprint density at radius 2 is 2.05 bits per heavy atom. The van der Waals surface area contributed by atoms with Gasteiger partial charge in [-0.15, -0.1) is 0 Å². The van der Waals surface area contributed by atoms with Gasteiger partial charge in [-0.05, 0) is 30.5 Å². The van der Waals surface area contributed by atoms with Gasteiger partial charge in [0.25, 0.3) is 0 Å². The van der Waals surface area contributed by atoms with Gasteiger partial charge in [-0.2, -0.15) is 0 Å². The summed E-state index contributed by atoms with van der Waals surface area (Å²) in [5, 5.41) is 11.8. The zero-order valence-electron chi connectivity index (χ0n) is 11.4. The van der Waals surface area contributed by atoms with Crippen molar-refractivity contribution in [3.05, 3.63) is 34.9 Å². The van der Waals surface area contributed by atoms with E-state index >= 15 is 0 Å². The summed E-state index contributed by atoms with van der Waals surface area (Å²) in [7, 11) is 1.49. The van der Waals surface area contributed by atoms with Crippen molar-refractivity contribution in [1.29, 1.82) is 0 Å². The van der Waals surface area contributed by atoms with E-state index in [1.54, 1.807) is 12.1 Å². The largest absolute Gasteiger partial charge is 0.479 e. The Bertz CT molecular complexity index is 471. The minimum atomic E-state index is -1.07. The average Bonchev–Trinajstić information content (AvgIpc) is 2.37. The number of carboxylic acid groups (broad SMARTS) is 1. The quantitative estimate of drug-likeness (QED) is 0.819. The lowest BCUT2D eigenvalue weighted by Crippen LogP contribution is -2.34. The van der Waals surface area contributed by atoms with E-state index in [-0.39, 0.29) is 18.9 Å². The first-order chi connectivity index (χ1) is 8.97. The normalized spacial score (nSPS) is 11.9. The second-order valence-corrected chi connectivity index (χ2v) is 4.37. The molecule has 1 aromatic carbocycles. The minimum absolute atomic E-state index is 0.144. The summed E-state index contributed by atoms with van der Waals surface area (Å²) in [6.45, 7) is 4.03. The van der Waals surface area contributed by atoms with Gasteiger partial charge >= 0.3 is 5.97 Å². The Morgan fingerprint density at radius 1 is 1.37 bits per heavy atom. The topological polar surface area (TPSA) is 75.6 Å². The number of carbonyl (C=O) groups excluding carboxylic acids is 1.